The molecule has 0 saturated carbocycles. The SMILES string of the molecule is O=C1CC(c2cccs2)CC2=C1C(c1ccc(Cl)cc1)c1c([nH]n(-c3ccccc3)c1=O)N2. The molecule has 2 aromatic carbocycles. The van der Waals surface area contributed by atoms with Gasteiger partial charge < -0.3 is 5.32 Å². The summed E-state index contributed by atoms with van der Waals surface area (Å²) >= 11 is 7.83. The molecule has 164 valence electrons. The van der Waals surface area contributed by atoms with Crippen molar-refractivity contribution in [1.82, 2.24) is 9.78 Å². The number of Topliss-reactive ketones (excluding diaryl/α,β-unsaturated/α-hetero) is 1. The number of hydrogen-bond acceptors (Lipinski definition) is 4. The molecule has 0 saturated heterocycles. The van der Waals surface area contributed by atoms with E-state index >= 15 is 0 Å². The number of carbonyl (C=O) groups is 1. The predicted molar refractivity (Wildman–Crippen MR) is 132 cm³/mol. The molecule has 3 heterocycles. The van der Waals surface area contributed by atoms with Crippen LogP contribution in [0.3, 0.4) is 0 Å². The topological polar surface area (TPSA) is 66.9 Å². The van der Waals surface area contributed by atoms with Gasteiger partial charge in [0, 0.05) is 39.4 Å². The van der Waals surface area contributed by atoms with Crippen LogP contribution in [0.5, 0.6) is 0 Å². The van der Waals surface area contributed by atoms with E-state index in [1.807, 2.05) is 66.0 Å². The first-order valence-electron chi connectivity index (χ1n) is 10.8. The molecule has 1 aliphatic heterocycles. The van der Waals surface area contributed by atoms with E-state index in [9.17, 15) is 9.59 Å². The van der Waals surface area contributed by atoms with Gasteiger partial charge in [0.1, 0.15) is 5.82 Å². The molecule has 0 radical (unpaired) electrons. The first-order chi connectivity index (χ1) is 16.1. The Bertz CT molecular complexity index is 1430. The molecule has 4 aromatic rings. The molecular formula is C26H20ClN3O2S. The lowest BCUT2D eigenvalue weighted by Gasteiger charge is -2.34. The van der Waals surface area contributed by atoms with Crippen molar-refractivity contribution in [3.63, 3.8) is 0 Å². The van der Waals surface area contributed by atoms with Crippen LogP contribution in [-0.4, -0.2) is 15.6 Å². The second-order valence-electron chi connectivity index (χ2n) is 8.42. The van der Waals surface area contributed by atoms with Crippen LogP contribution in [-0.2, 0) is 4.79 Å². The van der Waals surface area contributed by atoms with Crippen molar-refractivity contribution in [3.05, 3.63) is 115 Å². The van der Waals surface area contributed by atoms with Crippen LogP contribution in [0.25, 0.3) is 5.69 Å². The summed E-state index contributed by atoms with van der Waals surface area (Å²) in [7, 11) is 0. The summed E-state index contributed by atoms with van der Waals surface area (Å²) in [6.45, 7) is 0. The minimum atomic E-state index is -0.445. The lowest BCUT2D eigenvalue weighted by Crippen LogP contribution is -2.31. The number of nitrogens with one attached hydrogen (secondary N) is 2. The molecule has 2 N–H and O–H groups in total. The Balaban J connectivity index is 1.53. The number of H-pyrrole nitrogens is 1. The zero-order chi connectivity index (χ0) is 22.5. The Labute approximate surface area is 199 Å². The quantitative estimate of drug-likeness (QED) is 0.393. The van der Waals surface area contributed by atoms with Gasteiger partial charge in [-0.3, -0.25) is 14.7 Å². The van der Waals surface area contributed by atoms with Crippen LogP contribution >= 0.6 is 22.9 Å². The molecule has 6 rings (SSSR count). The largest absolute Gasteiger partial charge is 0.343 e. The third kappa shape index (κ3) is 3.37. The number of carbonyl (C=O) groups excluding carboxylic acids is 1. The normalized spacial score (nSPS) is 19.7. The van der Waals surface area contributed by atoms with Crippen LogP contribution in [0, 0.1) is 0 Å². The summed E-state index contributed by atoms with van der Waals surface area (Å²) in [5, 5.41) is 9.34. The number of aromatic nitrogens is 2. The average molecular weight is 474 g/mol. The standard InChI is InChI=1S/C26H20ClN3O2S/c27-17-10-8-15(9-11-17)22-23-19(13-16(14-20(23)31)21-7-4-12-33-21)28-25-24(22)26(32)30(29-25)18-5-2-1-3-6-18/h1-12,16,22,28-29H,13-14H2. The van der Waals surface area contributed by atoms with E-state index in [1.54, 1.807) is 16.0 Å². The first-order valence-corrected chi connectivity index (χ1v) is 12.1. The van der Waals surface area contributed by atoms with E-state index in [4.69, 9.17) is 11.6 Å². The number of thiophene rings is 1. The highest BCUT2D eigenvalue weighted by Crippen LogP contribution is 2.47. The van der Waals surface area contributed by atoms with Gasteiger partial charge in [0.05, 0.1) is 11.3 Å². The molecule has 1 aliphatic carbocycles. The fourth-order valence-corrected chi connectivity index (χ4v) is 5.92. The Kier molecular flexibility index (Phi) is 4.85. The van der Waals surface area contributed by atoms with Gasteiger partial charge in [-0.15, -0.1) is 11.3 Å². The van der Waals surface area contributed by atoms with Crippen LogP contribution in [0.4, 0.5) is 5.82 Å². The summed E-state index contributed by atoms with van der Waals surface area (Å²) in [5.41, 5.74) is 3.60. The van der Waals surface area contributed by atoms with Crippen molar-refractivity contribution in [2.75, 3.05) is 5.32 Å². The predicted octanol–water partition coefficient (Wildman–Crippen LogP) is 5.84. The van der Waals surface area contributed by atoms with Crippen LogP contribution in [0.1, 0.15) is 40.7 Å². The number of allylic oxidation sites excluding steroid dienone is 2. The van der Waals surface area contributed by atoms with Crippen LogP contribution in [0.15, 0.2) is 88.2 Å². The van der Waals surface area contributed by atoms with Gasteiger partial charge in [-0.1, -0.05) is 48.0 Å². The molecule has 7 heteroatoms. The number of fused-ring (bicyclic) bond motifs is 1. The van der Waals surface area contributed by atoms with Gasteiger partial charge in [0.2, 0.25) is 0 Å². The molecule has 2 unspecified atom stereocenters. The summed E-state index contributed by atoms with van der Waals surface area (Å²) in [4.78, 5) is 28.4. The number of rotatable bonds is 3. The lowest BCUT2D eigenvalue weighted by molar-refractivity contribution is -0.116. The Morgan fingerprint density at radius 2 is 1.73 bits per heavy atom. The smallest absolute Gasteiger partial charge is 0.277 e. The summed E-state index contributed by atoms with van der Waals surface area (Å²) in [6.07, 6.45) is 1.17. The minimum Gasteiger partial charge on any atom is -0.343 e. The molecule has 0 spiro atoms. The maximum Gasteiger partial charge on any atom is 0.277 e. The fraction of sp³-hybridized carbons (Fsp3) is 0.154. The van der Waals surface area contributed by atoms with Crippen LogP contribution < -0.4 is 10.9 Å². The maximum atomic E-state index is 13.6. The average Bonchev–Trinajstić information content (AvgIpc) is 3.48. The van der Waals surface area contributed by atoms with Gasteiger partial charge >= 0.3 is 0 Å². The maximum absolute atomic E-state index is 13.6. The molecule has 5 nitrogen and oxygen atoms in total. The highest BCUT2D eigenvalue weighted by atomic mass is 35.5. The lowest BCUT2D eigenvalue weighted by atomic mass is 9.74. The number of nitrogens with zero attached hydrogens (tertiary/aromatic N) is 1. The number of halogens is 1. The van der Waals surface area contributed by atoms with Crippen molar-refractivity contribution < 1.29 is 4.79 Å². The third-order valence-electron chi connectivity index (χ3n) is 6.45. The van der Waals surface area contributed by atoms with Crippen molar-refractivity contribution in [1.29, 1.82) is 0 Å². The third-order valence-corrected chi connectivity index (χ3v) is 7.74. The summed E-state index contributed by atoms with van der Waals surface area (Å²) in [6, 6.07) is 21.0. The highest BCUT2D eigenvalue weighted by molar-refractivity contribution is 7.10. The zero-order valence-electron chi connectivity index (χ0n) is 17.5. The number of hydrogen-bond donors (Lipinski definition) is 2. The molecule has 2 atom stereocenters. The van der Waals surface area contributed by atoms with E-state index in [0.717, 1.165) is 23.4 Å². The molecule has 2 aliphatic rings. The molecule has 0 amide bonds. The van der Waals surface area contributed by atoms with Crippen molar-refractivity contribution in [2.45, 2.75) is 24.7 Å². The highest BCUT2D eigenvalue weighted by Gasteiger charge is 2.41. The second-order valence-corrected chi connectivity index (χ2v) is 9.84. The Morgan fingerprint density at radius 3 is 2.45 bits per heavy atom. The van der Waals surface area contributed by atoms with Gasteiger partial charge in [-0.2, -0.15) is 0 Å². The van der Waals surface area contributed by atoms with Gasteiger partial charge in [0.25, 0.3) is 5.56 Å². The van der Waals surface area contributed by atoms with Gasteiger partial charge in [-0.05, 0) is 47.7 Å². The molecule has 33 heavy (non-hydrogen) atoms. The van der Waals surface area contributed by atoms with Crippen molar-refractivity contribution in [3.8, 4) is 5.69 Å². The number of benzene rings is 2. The van der Waals surface area contributed by atoms with Gasteiger partial charge in [0.15, 0.2) is 5.78 Å². The minimum absolute atomic E-state index is 0.0830. The van der Waals surface area contributed by atoms with E-state index in [0.29, 0.717) is 28.4 Å². The molecule has 2 aromatic heterocycles. The number of para-hydroxylation sites is 1. The van der Waals surface area contributed by atoms with Crippen molar-refractivity contribution >= 4 is 34.5 Å². The summed E-state index contributed by atoms with van der Waals surface area (Å²) < 4.78 is 1.54. The number of ketones is 1. The number of anilines is 1. The van der Waals surface area contributed by atoms with Crippen molar-refractivity contribution in [2.24, 2.45) is 0 Å². The fourth-order valence-electron chi connectivity index (χ4n) is 4.96. The van der Waals surface area contributed by atoms with E-state index < -0.39 is 5.92 Å². The summed E-state index contributed by atoms with van der Waals surface area (Å²) in [5.74, 6) is 0.417. The Morgan fingerprint density at radius 1 is 0.939 bits per heavy atom. The first kappa shape index (κ1) is 20.3. The van der Waals surface area contributed by atoms with E-state index in [-0.39, 0.29) is 17.3 Å². The Hall–Kier alpha value is -3.35. The molecule has 0 bridgehead atoms. The van der Waals surface area contributed by atoms with E-state index in [2.05, 4.69) is 16.5 Å². The van der Waals surface area contributed by atoms with Gasteiger partial charge in [-0.25, -0.2) is 4.68 Å². The second kappa shape index (κ2) is 7.90. The van der Waals surface area contributed by atoms with Crippen LogP contribution in [0.2, 0.25) is 5.02 Å². The van der Waals surface area contributed by atoms with E-state index in [1.165, 1.54) is 4.88 Å². The monoisotopic (exact) mass is 473 g/mol. The molecular weight excluding hydrogens is 454 g/mol. The molecule has 0 fully saturated rings. The zero-order valence-corrected chi connectivity index (χ0v) is 19.1. The number of aromatic amines is 1.